The third-order valence-corrected chi connectivity index (χ3v) is 6.29. The van der Waals surface area contributed by atoms with Gasteiger partial charge in [-0.3, -0.25) is 19.3 Å². The van der Waals surface area contributed by atoms with Crippen molar-refractivity contribution in [2.45, 2.75) is 25.7 Å². The molecule has 2 amide bonds. The number of allylic oxidation sites excluding steroid dienone is 2. The van der Waals surface area contributed by atoms with Gasteiger partial charge in [-0.05, 0) is 43.5 Å². The summed E-state index contributed by atoms with van der Waals surface area (Å²) in [6, 6.07) is 3.60. The first-order chi connectivity index (χ1) is 14.0. The van der Waals surface area contributed by atoms with Gasteiger partial charge < -0.3 is 14.4 Å². The number of nitrogens with zero attached hydrogens (tertiary/aromatic N) is 2. The fourth-order valence-corrected chi connectivity index (χ4v) is 4.51. The van der Waals surface area contributed by atoms with Gasteiger partial charge in [0, 0.05) is 26.1 Å². The van der Waals surface area contributed by atoms with Crippen LogP contribution in [0.2, 0.25) is 0 Å². The van der Waals surface area contributed by atoms with Crippen LogP contribution in [0.1, 0.15) is 31.4 Å². The summed E-state index contributed by atoms with van der Waals surface area (Å²) in [5.74, 6) is -0.612. The quantitative estimate of drug-likeness (QED) is 0.521. The van der Waals surface area contributed by atoms with Crippen LogP contribution in [0.3, 0.4) is 0 Å². The maximum atomic E-state index is 12.5. The molecule has 154 valence electrons. The molecule has 0 aromatic carbocycles. The number of carboxylic acid groups (broad SMARTS) is 1. The fourth-order valence-electron chi connectivity index (χ4n) is 3.25. The van der Waals surface area contributed by atoms with Crippen molar-refractivity contribution in [3.63, 3.8) is 0 Å². The number of carboxylic acids is 1. The molecule has 1 aromatic rings. The number of furan rings is 1. The van der Waals surface area contributed by atoms with Crippen molar-refractivity contribution < 1.29 is 23.9 Å². The molecular weight excluding hydrogens is 412 g/mol. The molecule has 0 saturated carbocycles. The van der Waals surface area contributed by atoms with Crippen molar-refractivity contribution in [2.24, 2.45) is 5.92 Å². The SMILES string of the molecule is O=C(O)C1CCN(C(=O)CCCN2C(=O)C(=CC=Cc3ccco3)SC2=S)CC1. The van der Waals surface area contributed by atoms with Crippen molar-refractivity contribution in [3.05, 3.63) is 41.2 Å². The summed E-state index contributed by atoms with van der Waals surface area (Å²) in [6.07, 6.45) is 8.60. The van der Waals surface area contributed by atoms with Crippen molar-refractivity contribution in [1.82, 2.24) is 9.80 Å². The Kier molecular flexibility index (Phi) is 7.27. The van der Waals surface area contributed by atoms with Crippen LogP contribution in [0.4, 0.5) is 0 Å². The lowest BCUT2D eigenvalue weighted by Crippen LogP contribution is -2.40. The molecule has 1 N–H and O–H groups in total. The molecular formula is C20H22N2O5S2. The van der Waals surface area contributed by atoms with Crippen LogP contribution in [0, 0.1) is 5.92 Å². The highest BCUT2D eigenvalue weighted by atomic mass is 32.2. The Bertz CT molecular complexity index is 839. The summed E-state index contributed by atoms with van der Waals surface area (Å²) in [4.78, 5) is 39.6. The summed E-state index contributed by atoms with van der Waals surface area (Å²) in [5, 5.41) is 9.03. The van der Waals surface area contributed by atoms with E-state index in [1.165, 1.54) is 16.7 Å². The van der Waals surface area contributed by atoms with E-state index >= 15 is 0 Å². The average molecular weight is 435 g/mol. The van der Waals surface area contributed by atoms with E-state index in [-0.39, 0.29) is 17.7 Å². The first-order valence-electron chi connectivity index (χ1n) is 9.42. The number of hydrogen-bond acceptors (Lipinski definition) is 6. The minimum Gasteiger partial charge on any atom is -0.481 e. The molecule has 0 atom stereocenters. The van der Waals surface area contributed by atoms with Gasteiger partial charge in [-0.2, -0.15) is 0 Å². The Hall–Kier alpha value is -2.39. The van der Waals surface area contributed by atoms with Crippen LogP contribution >= 0.6 is 24.0 Å². The third-order valence-electron chi connectivity index (χ3n) is 4.89. The molecule has 1 aromatic heterocycles. The summed E-state index contributed by atoms with van der Waals surface area (Å²) in [5.41, 5.74) is 0. The van der Waals surface area contributed by atoms with E-state index in [0.29, 0.717) is 60.3 Å². The molecule has 2 aliphatic rings. The van der Waals surface area contributed by atoms with Crippen molar-refractivity contribution in [3.8, 4) is 0 Å². The van der Waals surface area contributed by atoms with E-state index in [4.69, 9.17) is 21.7 Å². The van der Waals surface area contributed by atoms with E-state index in [0.717, 1.165) is 0 Å². The molecule has 0 bridgehead atoms. The second kappa shape index (κ2) is 9.89. The largest absolute Gasteiger partial charge is 0.481 e. The molecule has 0 unspecified atom stereocenters. The zero-order valence-corrected chi connectivity index (χ0v) is 17.4. The van der Waals surface area contributed by atoms with E-state index in [9.17, 15) is 14.4 Å². The first kappa shape index (κ1) is 21.3. The zero-order chi connectivity index (χ0) is 20.8. The lowest BCUT2D eigenvalue weighted by atomic mass is 9.97. The fraction of sp³-hybridized carbons (Fsp3) is 0.400. The molecule has 0 spiro atoms. The van der Waals surface area contributed by atoms with Gasteiger partial charge in [0.2, 0.25) is 5.91 Å². The Balaban J connectivity index is 1.44. The maximum Gasteiger partial charge on any atom is 0.306 e. The topological polar surface area (TPSA) is 91.1 Å². The van der Waals surface area contributed by atoms with Gasteiger partial charge in [-0.1, -0.05) is 30.1 Å². The van der Waals surface area contributed by atoms with Gasteiger partial charge in [0.15, 0.2) is 0 Å². The monoisotopic (exact) mass is 434 g/mol. The van der Waals surface area contributed by atoms with Gasteiger partial charge in [-0.15, -0.1) is 0 Å². The zero-order valence-electron chi connectivity index (χ0n) is 15.8. The molecule has 2 fully saturated rings. The Morgan fingerprint density at radius 2 is 2.10 bits per heavy atom. The summed E-state index contributed by atoms with van der Waals surface area (Å²) >= 11 is 6.54. The molecule has 2 saturated heterocycles. The van der Waals surface area contributed by atoms with E-state index < -0.39 is 5.97 Å². The Morgan fingerprint density at radius 1 is 1.34 bits per heavy atom. The van der Waals surface area contributed by atoms with Gasteiger partial charge in [-0.25, -0.2) is 0 Å². The number of likely N-dealkylation sites (tertiary alicyclic amines) is 1. The molecule has 0 aliphatic carbocycles. The van der Waals surface area contributed by atoms with Gasteiger partial charge in [0.1, 0.15) is 10.1 Å². The van der Waals surface area contributed by atoms with E-state index in [2.05, 4.69) is 0 Å². The predicted octanol–water partition coefficient (Wildman–Crippen LogP) is 3.14. The second-order valence-electron chi connectivity index (χ2n) is 6.83. The summed E-state index contributed by atoms with van der Waals surface area (Å²) < 4.78 is 5.69. The van der Waals surface area contributed by atoms with Gasteiger partial charge in [0.25, 0.3) is 5.91 Å². The normalized spacial score (nSPS) is 19.7. The highest BCUT2D eigenvalue weighted by Crippen LogP contribution is 2.31. The number of carbonyl (C=O) groups excluding carboxylic acids is 2. The lowest BCUT2D eigenvalue weighted by Gasteiger charge is -2.30. The van der Waals surface area contributed by atoms with Crippen LogP contribution < -0.4 is 0 Å². The van der Waals surface area contributed by atoms with Crippen LogP contribution in [0.25, 0.3) is 6.08 Å². The van der Waals surface area contributed by atoms with Crippen LogP contribution in [-0.4, -0.2) is 56.6 Å². The van der Waals surface area contributed by atoms with E-state index in [1.807, 2.05) is 6.07 Å². The van der Waals surface area contributed by atoms with Crippen LogP contribution in [0.5, 0.6) is 0 Å². The summed E-state index contributed by atoms with van der Waals surface area (Å²) in [7, 11) is 0. The van der Waals surface area contributed by atoms with Gasteiger partial charge in [0.05, 0.1) is 17.1 Å². The van der Waals surface area contributed by atoms with Gasteiger partial charge >= 0.3 is 5.97 Å². The maximum absolute atomic E-state index is 12.5. The van der Waals surface area contributed by atoms with Crippen LogP contribution in [-0.2, 0) is 14.4 Å². The van der Waals surface area contributed by atoms with Crippen molar-refractivity contribution in [2.75, 3.05) is 19.6 Å². The molecule has 0 radical (unpaired) electrons. The number of amides is 2. The smallest absolute Gasteiger partial charge is 0.306 e. The second-order valence-corrected chi connectivity index (χ2v) is 8.50. The number of piperidine rings is 1. The minimum atomic E-state index is -0.793. The number of hydrogen-bond donors (Lipinski definition) is 1. The number of aliphatic carboxylic acids is 1. The molecule has 9 heteroatoms. The van der Waals surface area contributed by atoms with Crippen LogP contribution in [0.15, 0.2) is 39.9 Å². The van der Waals surface area contributed by atoms with Crippen molar-refractivity contribution >= 4 is 52.2 Å². The standard InChI is InChI=1S/C20H22N2O5S2/c23-17(21-11-8-14(9-12-21)19(25)26)7-2-10-22-18(24)16(29-20(22)28)6-1-4-15-5-3-13-27-15/h1,3-6,13-14H,2,7-12H2,(H,25,26). The Morgan fingerprint density at radius 3 is 2.76 bits per heavy atom. The molecule has 2 aliphatic heterocycles. The highest BCUT2D eigenvalue weighted by Gasteiger charge is 2.32. The molecule has 3 rings (SSSR count). The average Bonchev–Trinajstić information content (AvgIpc) is 3.31. The molecule has 29 heavy (non-hydrogen) atoms. The highest BCUT2D eigenvalue weighted by molar-refractivity contribution is 8.26. The molecule has 3 heterocycles. The van der Waals surface area contributed by atoms with Crippen molar-refractivity contribution in [1.29, 1.82) is 0 Å². The predicted molar refractivity (Wildman–Crippen MR) is 114 cm³/mol. The Labute approximate surface area is 178 Å². The minimum absolute atomic E-state index is 0.00352. The van der Waals surface area contributed by atoms with E-state index in [1.54, 1.807) is 35.5 Å². The number of thioether (sulfide) groups is 1. The first-order valence-corrected chi connectivity index (χ1v) is 10.6. The summed E-state index contributed by atoms with van der Waals surface area (Å²) in [6.45, 7) is 1.34. The molecule has 7 nitrogen and oxygen atoms in total. The number of rotatable bonds is 7. The lowest BCUT2D eigenvalue weighted by molar-refractivity contribution is -0.145. The number of thiocarbonyl (C=S) groups is 1. The third kappa shape index (κ3) is 5.57. The number of carbonyl (C=O) groups is 3.